The van der Waals surface area contributed by atoms with Gasteiger partial charge in [0.15, 0.2) is 0 Å². The maximum absolute atomic E-state index is 5.52. The molecule has 0 aliphatic rings. The maximum Gasteiger partial charge on any atom is 0.235 e. The highest BCUT2D eigenvalue weighted by atomic mass is 32.1. The van der Waals surface area contributed by atoms with Crippen LogP contribution in [0.5, 0.6) is 0 Å². The standard InChI is InChI=1S/C40H21N3S3/c1-2-10-24-22(9-1)17-20-29-34(23-18-19-26-25-11-3-6-14-30(25)44-33(26)21-23)41-40(42-35(24)29)43-36-27-12-4-7-15-31(27)45-38(36)39-37(43)28-13-5-8-16-32(28)46-39/h1-21H. The van der Waals surface area contributed by atoms with Crippen molar-refractivity contribution in [3.63, 3.8) is 0 Å². The largest absolute Gasteiger partial charge is 0.275 e. The van der Waals surface area contributed by atoms with Crippen LogP contribution >= 0.6 is 34.0 Å². The van der Waals surface area contributed by atoms with Gasteiger partial charge >= 0.3 is 0 Å². The Balaban J connectivity index is 1.31. The molecular weight excluding hydrogens is 619 g/mol. The Morgan fingerprint density at radius 1 is 0.435 bits per heavy atom. The van der Waals surface area contributed by atoms with E-state index in [0.29, 0.717) is 5.95 Å². The van der Waals surface area contributed by atoms with Gasteiger partial charge in [-0.2, -0.15) is 0 Å². The second-order valence-corrected chi connectivity index (χ2v) is 14.9. The first kappa shape index (κ1) is 25.1. The molecular formula is C40H21N3S3. The minimum atomic E-state index is 0.711. The molecule has 0 fully saturated rings. The number of rotatable bonds is 2. The van der Waals surface area contributed by atoms with Crippen LogP contribution < -0.4 is 0 Å². The zero-order valence-corrected chi connectivity index (χ0v) is 26.6. The SMILES string of the molecule is c1ccc2c(c1)ccc1c(-c3ccc4c(c3)sc3ccccc34)nc(-n3c4c5ccccc5sc4c4sc5ccccc5c43)nc12. The van der Waals surface area contributed by atoms with Crippen LogP contribution in [0.3, 0.4) is 0 Å². The molecule has 0 atom stereocenters. The average molecular weight is 640 g/mol. The normalized spacial score (nSPS) is 12.3. The topological polar surface area (TPSA) is 30.7 Å². The highest BCUT2D eigenvalue weighted by molar-refractivity contribution is 7.33. The number of benzene rings is 6. The fourth-order valence-electron chi connectivity index (χ4n) is 7.17. The van der Waals surface area contributed by atoms with Crippen molar-refractivity contribution in [2.45, 2.75) is 0 Å². The molecule has 0 spiro atoms. The van der Waals surface area contributed by atoms with Gasteiger partial charge in [-0.05, 0) is 35.7 Å². The molecule has 0 saturated heterocycles. The highest BCUT2D eigenvalue weighted by Gasteiger charge is 2.24. The molecule has 6 aromatic carbocycles. The molecule has 3 nitrogen and oxygen atoms in total. The van der Waals surface area contributed by atoms with Crippen LogP contribution in [0, 0.1) is 0 Å². The Labute approximate surface area is 274 Å². The van der Waals surface area contributed by atoms with Gasteiger partial charge < -0.3 is 0 Å². The van der Waals surface area contributed by atoms with Gasteiger partial charge in [0.05, 0.1) is 31.6 Å². The van der Waals surface area contributed by atoms with E-state index in [2.05, 4.69) is 132 Å². The summed E-state index contributed by atoms with van der Waals surface area (Å²) in [5.74, 6) is 0.711. The third-order valence-electron chi connectivity index (χ3n) is 9.22. The summed E-state index contributed by atoms with van der Waals surface area (Å²) in [6, 6.07) is 45.9. The minimum absolute atomic E-state index is 0.711. The van der Waals surface area contributed by atoms with Crippen molar-refractivity contribution in [2.24, 2.45) is 0 Å². The zero-order chi connectivity index (χ0) is 29.9. The monoisotopic (exact) mass is 639 g/mol. The van der Waals surface area contributed by atoms with Gasteiger partial charge in [-0.1, -0.05) is 97.1 Å². The van der Waals surface area contributed by atoms with Gasteiger partial charge in [0.1, 0.15) is 0 Å². The van der Waals surface area contributed by atoms with Gasteiger partial charge in [0.2, 0.25) is 5.95 Å². The smallest absolute Gasteiger partial charge is 0.235 e. The molecule has 0 radical (unpaired) electrons. The molecule has 0 amide bonds. The van der Waals surface area contributed by atoms with E-state index in [1.165, 1.54) is 66.2 Å². The second-order valence-electron chi connectivity index (χ2n) is 11.8. The Morgan fingerprint density at radius 3 is 1.72 bits per heavy atom. The van der Waals surface area contributed by atoms with E-state index in [4.69, 9.17) is 9.97 Å². The molecule has 5 heterocycles. The summed E-state index contributed by atoms with van der Waals surface area (Å²) < 4.78 is 10.1. The lowest BCUT2D eigenvalue weighted by molar-refractivity contribution is 1.02. The summed E-state index contributed by atoms with van der Waals surface area (Å²) in [6.07, 6.45) is 0. The lowest BCUT2D eigenvalue weighted by atomic mass is 10.0. The minimum Gasteiger partial charge on any atom is -0.275 e. The number of thiophene rings is 3. The quantitative estimate of drug-likeness (QED) is 0.176. The fourth-order valence-corrected chi connectivity index (χ4v) is 10.8. The average Bonchev–Trinajstić information content (AvgIpc) is 3.85. The van der Waals surface area contributed by atoms with Gasteiger partial charge in [-0.3, -0.25) is 4.57 Å². The Bertz CT molecular complexity index is 2960. The van der Waals surface area contributed by atoms with E-state index < -0.39 is 0 Å². The van der Waals surface area contributed by atoms with Crippen LogP contribution in [0.1, 0.15) is 0 Å². The Morgan fingerprint density at radius 2 is 1.00 bits per heavy atom. The van der Waals surface area contributed by atoms with Crippen LogP contribution in [0.2, 0.25) is 0 Å². The van der Waals surface area contributed by atoms with Gasteiger partial charge in [0.25, 0.3) is 0 Å². The lowest BCUT2D eigenvalue weighted by Gasteiger charge is -2.13. The first-order valence-corrected chi connectivity index (χ1v) is 17.7. The number of hydrogen-bond acceptors (Lipinski definition) is 5. The maximum atomic E-state index is 5.52. The Hall–Kier alpha value is -5.14. The van der Waals surface area contributed by atoms with Gasteiger partial charge in [-0.25, -0.2) is 9.97 Å². The predicted octanol–water partition coefficient (Wildman–Crippen LogP) is 12.3. The van der Waals surface area contributed by atoms with E-state index in [1.54, 1.807) is 0 Å². The summed E-state index contributed by atoms with van der Waals surface area (Å²) >= 11 is 5.58. The molecule has 0 bridgehead atoms. The van der Waals surface area contributed by atoms with E-state index in [1.807, 2.05) is 34.0 Å². The molecule has 0 aliphatic carbocycles. The predicted molar refractivity (Wildman–Crippen MR) is 200 cm³/mol. The van der Waals surface area contributed by atoms with Crippen molar-refractivity contribution >= 4 is 116 Å². The van der Waals surface area contributed by atoms with Crippen molar-refractivity contribution in [1.29, 1.82) is 0 Å². The van der Waals surface area contributed by atoms with E-state index in [0.717, 1.165) is 27.5 Å². The van der Waals surface area contributed by atoms with Crippen molar-refractivity contribution in [3.8, 4) is 17.2 Å². The molecule has 6 heteroatoms. The number of fused-ring (bicyclic) bond motifs is 13. The fraction of sp³-hybridized carbons (Fsp3) is 0. The third-order valence-corrected chi connectivity index (χ3v) is 12.8. The van der Waals surface area contributed by atoms with E-state index in [-0.39, 0.29) is 0 Å². The summed E-state index contributed by atoms with van der Waals surface area (Å²) in [5, 5.41) is 8.45. The van der Waals surface area contributed by atoms with E-state index >= 15 is 0 Å². The summed E-state index contributed by atoms with van der Waals surface area (Å²) in [7, 11) is 0. The van der Waals surface area contributed by atoms with Crippen LogP contribution in [-0.2, 0) is 0 Å². The van der Waals surface area contributed by atoms with Crippen LogP contribution in [0.25, 0.3) is 99.7 Å². The number of nitrogens with zero attached hydrogens (tertiary/aromatic N) is 3. The number of aromatic nitrogens is 3. The molecule has 0 saturated carbocycles. The summed E-state index contributed by atoms with van der Waals surface area (Å²) in [6.45, 7) is 0. The highest BCUT2D eigenvalue weighted by Crippen LogP contribution is 2.48. The van der Waals surface area contributed by atoms with Crippen molar-refractivity contribution < 1.29 is 0 Å². The van der Waals surface area contributed by atoms with Crippen LogP contribution in [0.4, 0.5) is 0 Å². The summed E-state index contributed by atoms with van der Waals surface area (Å²) in [4.78, 5) is 11.0. The van der Waals surface area contributed by atoms with Crippen molar-refractivity contribution in [2.75, 3.05) is 0 Å². The summed E-state index contributed by atoms with van der Waals surface area (Å²) in [5.41, 5.74) is 5.42. The third kappa shape index (κ3) is 3.35. The number of hydrogen-bond donors (Lipinski definition) is 0. The van der Waals surface area contributed by atoms with Crippen molar-refractivity contribution in [1.82, 2.24) is 14.5 Å². The first-order chi connectivity index (χ1) is 22.8. The molecule has 214 valence electrons. The molecule has 5 aromatic heterocycles. The van der Waals surface area contributed by atoms with Crippen LogP contribution in [-0.4, -0.2) is 14.5 Å². The van der Waals surface area contributed by atoms with Gasteiger partial charge in [-0.15, -0.1) is 34.0 Å². The molecule has 0 aliphatic heterocycles. The molecule has 11 aromatic rings. The van der Waals surface area contributed by atoms with E-state index in [9.17, 15) is 0 Å². The molecule has 46 heavy (non-hydrogen) atoms. The zero-order valence-electron chi connectivity index (χ0n) is 24.2. The molecule has 0 N–H and O–H groups in total. The lowest BCUT2D eigenvalue weighted by Crippen LogP contribution is -2.03. The van der Waals surface area contributed by atoms with Crippen molar-refractivity contribution in [3.05, 3.63) is 127 Å². The first-order valence-electron chi connectivity index (χ1n) is 15.2. The molecule has 0 unspecified atom stereocenters. The Kier molecular flexibility index (Phi) is 5.02. The molecule has 11 rings (SSSR count). The second kappa shape index (κ2) is 9.21. The van der Waals surface area contributed by atoms with Gasteiger partial charge in [0, 0.05) is 56.7 Å². The van der Waals surface area contributed by atoms with Crippen LogP contribution in [0.15, 0.2) is 127 Å².